The van der Waals surface area contributed by atoms with Crippen LogP contribution in [0, 0.1) is 11.3 Å². The van der Waals surface area contributed by atoms with Crippen LogP contribution in [-0.2, 0) is 0 Å². The molecule has 0 amide bonds. The highest BCUT2D eigenvalue weighted by molar-refractivity contribution is 5.66. The second-order valence-electron chi connectivity index (χ2n) is 4.38. The van der Waals surface area contributed by atoms with Gasteiger partial charge in [-0.1, -0.05) is 19.1 Å². The Labute approximate surface area is 118 Å². The Hall–Kier alpha value is -2.61. The van der Waals surface area contributed by atoms with Crippen LogP contribution in [-0.4, -0.2) is 23.6 Å². The van der Waals surface area contributed by atoms with E-state index in [1.165, 1.54) is 0 Å². The van der Waals surface area contributed by atoms with Crippen molar-refractivity contribution in [2.75, 3.05) is 23.8 Å². The average Bonchev–Trinajstić information content (AvgIpc) is 2.52. The molecule has 1 heterocycles. The van der Waals surface area contributed by atoms with Crippen LogP contribution >= 0.6 is 0 Å². The van der Waals surface area contributed by atoms with Crippen molar-refractivity contribution in [1.82, 2.24) is 9.97 Å². The highest BCUT2D eigenvalue weighted by Gasteiger charge is 2.10. The Balaban J connectivity index is 2.29. The lowest BCUT2D eigenvalue weighted by atomic mass is 10.2. The van der Waals surface area contributed by atoms with Crippen molar-refractivity contribution in [1.29, 1.82) is 5.26 Å². The molecule has 20 heavy (non-hydrogen) atoms. The molecule has 2 aromatic rings. The molecule has 0 saturated carbocycles. The maximum Gasteiger partial charge on any atom is 0.153 e. The molecule has 0 radical (unpaired) electrons. The molecule has 0 aliphatic heterocycles. The summed E-state index contributed by atoms with van der Waals surface area (Å²) in [6, 6.07) is 9.63. The summed E-state index contributed by atoms with van der Waals surface area (Å²) < 4.78 is 0. The van der Waals surface area contributed by atoms with Crippen molar-refractivity contribution in [3.63, 3.8) is 0 Å². The quantitative estimate of drug-likeness (QED) is 0.902. The lowest BCUT2D eigenvalue weighted by molar-refractivity contribution is 0.960. The Morgan fingerprint density at radius 1 is 1.30 bits per heavy atom. The van der Waals surface area contributed by atoms with Crippen molar-refractivity contribution in [2.45, 2.75) is 13.3 Å². The normalized spacial score (nSPS) is 9.85. The van der Waals surface area contributed by atoms with Gasteiger partial charge in [-0.2, -0.15) is 5.26 Å². The third-order valence-electron chi connectivity index (χ3n) is 2.91. The number of aromatic nitrogens is 2. The van der Waals surface area contributed by atoms with Gasteiger partial charge >= 0.3 is 0 Å². The molecule has 0 atom stereocenters. The monoisotopic (exact) mass is 267 g/mol. The van der Waals surface area contributed by atoms with Gasteiger partial charge in [0.2, 0.25) is 0 Å². The maximum absolute atomic E-state index is 9.16. The van der Waals surface area contributed by atoms with E-state index in [-0.39, 0.29) is 0 Å². The summed E-state index contributed by atoms with van der Waals surface area (Å²) in [5, 5.41) is 12.4. The fourth-order valence-corrected chi connectivity index (χ4v) is 1.84. The van der Waals surface area contributed by atoms with E-state index in [1.54, 1.807) is 18.5 Å². The molecule has 0 aliphatic rings. The Kier molecular flexibility index (Phi) is 4.51. The molecule has 1 aromatic heterocycles. The number of hydrogen-bond donors (Lipinski definition) is 1. The lowest BCUT2D eigenvalue weighted by Gasteiger charge is -2.19. The second-order valence-corrected chi connectivity index (χ2v) is 4.38. The average molecular weight is 267 g/mol. The molecular weight excluding hydrogens is 250 g/mol. The molecule has 0 saturated heterocycles. The van der Waals surface area contributed by atoms with Crippen molar-refractivity contribution < 1.29 is 0 Å². The van der Waals surface area contributed by atoms with E-state index >= 15 is 0 Å². The highest BCUT2D eigenvalue weighted by atomic mass is 15.2. The fourth-order valence-electron chi connectivity index (χ4n) is 1.84. The molecule has 5 nitrogen and oxygen atoms in total. The number of rotatable bonds is 5. The van der Waals surface area contributed by atoms with Crippen molar-refractivity contribution in [2.24, 2.45) is 0 Å². The number of nitrogens with one attached hydrogen (secondary N) is 1. The van der Waals surface area contributed by atoms with Crippen molar-refractivity contribution in [3.8, 4) is 6.07 Å². The van der Waals surface area contributed by atoms with E-state index in [0.717, 1.165) is 24.5 Å². The second kappa shape index (κ2) is 6.53. The largest absolute Gasteiger partial charge is 0.369 e. The van der Waals surface area contributed by atoms with Crippen LogP contribution in [0.5, 0.6) is 0 Å². The van der Waals surface area contributed by atoms with Crippen LogP contribution in [0.15, 0.2) is 36.7 Å². The van der Waals surface area contributed by atoms with E-state index in [1.807, 2.05) is 30.1 Å². The Morgan fingerprint density at radius 3 is 2.85 bits per heavy atom. The number of hydrogen-bond acceptors (Lipinski definition) is 5. The Bertz CT molecular complexity index is 618. The van der Waals surface area contributed by atoms with Crippen molar-refractivity contribution >= 4 is 17.3 Å². The summed E-state index contributed by atoms with van der Waals surface area (Å²) in [6.45, 7) is 2.95. The molecule has 2 rings (SSSR count). The first kappa shape index (κ1) is 13.8. The van der Waals surface area contributed by atoms with Gasteiger partial charge in [0, 0.05) is 13.6 Å². The van der Waals surface area contributed by atoms with Gasteiger partial charge in [-0.3, -0.25) is 4.98 Å². The molecule has 5 heteroatoms. The van der Waals surface area contributed by atoms with Crippen LogP contribution in [0.4, 0.5) is 17.3 Å². The predicted octanol–water partition coefficient (Wildman–Crippen LogP) is 2.94. The van der Waals surface area contributed by atoms with E-state index in [2.05, 4.69) is 28.3 Å². The first-order chi connectivity index (χ1) is 9.76. The summed E-state index contributed by atoms with van der Waals surface area (Å²) >= 11 is 0. The van der Waals surface area contributed by atoms with E-state index < -0.39 is 0 Å². The van der Waals surface area contributed by atoms with Gasteiger partial charge in [0.1, 0.15) is 11.9 Å². The van der Waals surface area contributed by atoms with Crippen LogP contribution in [0.25, 0.3) is 0 Å². The Morgan fingerprint density at radius 2 is 2.10 bits per heavy atom. The summed E-state index contributed by atoms with van der Waals surface area (Å²) in [5.74, 6) is 1.44. The zero-order valence-corrected chi connectivity index (χ0v) is 11.7. The zero-order valence-electron chi connectivity index (χ0n) is 11.7. The van der Waals surface area contributed by atoms with Crippen LogP contribution in [0.1, 0.15) is 18.9 Å². The first-order valence-corrected chi connectivity index (χ1v) is 6.55. The fraction of sp³-hybridized carbons (Fsp3) is 0.267. The minimum Gasteiger partial charge on any atom is -0.369 e. The number of nitrogens with zero attached hydrogens (tertiary/aromatic N) is 4. The number of nitriles is 1. The molecule has 0 unspecified atom stereocenters. The first-order valence-electron chi connectivity index (χ1n) is 6.55. The van der Waals surface area contributed by atoms with Gasteiger partial charge in [0.15, 0.2) is 5.82 Å². The standard InChI is InChI=1S/C15H17N5/c1-3-8-18-14-10-17-11-15(19-14)20(2)13-7-5-4-6-12(13)9-16/h4-7,10-11H,3,8H2,1-2H3,(H,18,19). The molecule has 0 aliphatic carbocycles. The van der Waals surface area contributed by atoms with Gasteiger partial charge < -0.3 is 10.2 Å². The summed E-state index contributed by atoms with van der Waals surface area (Å²) in [6.07, 6.45) is 4.41. The molecule has 102 valence electrons. The molecule has 1 N–H and O–H groups in total. The van der Waals surface area contributed by atoms with Crippen LogP contribution < -0.4 is 10.2 Å². The molecule has 1 aromatic carbocycles. The van der Waals surface area contributed by atoms with E-state index in [4.69, 9.17) is 5.26 Å². The predicted molar refractivity (Wildman–Crippen MR) is 80.0 cm³/mol. The highest BCUT2D eigenvalue weighted by Crippen LogP contribution is 2.25. The minimum absolute atomic E-state index is 0.615. The topological polar surface area (TPSA) is 64.8 Å². The molecule has 0 fully saturated rings. The van der Waals surface area contributed by atoms with Gasteiger partial charge in [-0.15, -0.1) is 0 Å². The van der Waals surface area contributed by atoms with E-state index in [9.17, 15) is 0 Å². The van der Waals surface area contributed by atoms with Crippen LogP contribution in [0.2, 0.25) is 0 Å². The number of benzene rings is 1. The molecule has 0 bridgehead atoms. The summed E-state index contributed by atoms with van der Waals surface area (Å²) in [5.41, 5.74) is 1.43. The van der Waals surface area contributed by atoms with Gasteiger partial charge in [0.25, 0.3) is 0 Å². The van der Waals surface area contributed by atoms with Gasteiger partial charge in [0.05, 0.1) is 23.6 Å². The van der Waals surface area contributed by atoms with Gasteiger partial charge in [-0.25, -0.2) is 4.98 Å². The lowest BCUT2D eigenvalue weighted by Crippen LogP contribution is -2.14. The summed E-state index contributed by atoms with van der Waals surface area (Å²) in [7, 11) is 1.88. The molecular formula is C15H17N5. The minimum atomic E-state index is 0.615. The molecule has 0 spiro atoms. The smallest absolute Gasteiger partial charge is 0.153 e. The summed E-state index contributed by atoms with van der Waals surface area (Å²) in [4.78, 5) is 10.6. The van der Waals surface area contributed by atoms with Crippen LogP contribution in [0.3, 0.4) is 0 Å². The van der Waals surface area contributed by atoms with Gasteiger partial charge in [-0.05, 0) is 18.6 Å². The number of anilines is 3. The van der Waals surface area contributed by atoms with E-state index in [0.29, 0.717) is 11.4 Å². The third kappa shape index (κ3) is 3.04. The SMILES string of the molecule is CCCNc1cncc(N(C)c2ccccc2C#N)n1. The van der Waals surface area contributed by atoms with Crippen molar-refractivity contribution in [3.05, 3.63) is 42.2 Å². The maximum atomic E-state index is 9.16. The zero-order chi connectivity index (χ0) is 14.4. The number of para-hydroxylation sites is 1. The third-order valence-corrected chi connectivity index (χ3v) is 2.91.